The lowest BCUT2D eigenvalue weighted by atomic mass is 10.1. The van der Waals surface area contributed by atoms with Crippen LogP contribution >= 0.6 is 22.9 Å². The third kappa shape index (κ3) is 4.31. The highest BCUT2D eigenvalue weighted by Crippen LogP contribution is 2.33. The van der Waals surface area contributed by atoms with Crippen LogP contribution in [0.3, 0.4) is 0 Å². The topological polar surface area (TPSA) is 79.2 Å². The number of ether oxygens (including phenoxy) is 1. The number of thiophene rings is 1. The Morgan fingerprint density at radius 3 is 2.65 bits per heavy atom. The maximum atomic E-state index is 12.5. The third-order valence-electron chi connectivity index (χ3n) is 3.66. The van der Waals surface area contributed by atoms with Crippen LogP contribution in [0, 0.1) is 25.2 Å². The number of amides is 1. The maximum Gasteiger partial charge on any atom is 0.341 e. The number of benzene rings is 1. The van der Waals surface area contributed by atoms with E-state index in [1.165, 1.54) is 17.4 Å². The summed E-state index contributed by atoms with van der Waals surface area (Å²) in [6.45, 7) is 5.59. The minimum atomic E-state index is -0.612. The van der Waals surface area contributed by atoms with E-state index in [1.54, 1.807) is 38.1 Å². The van der Waals surface area contributed by atoms with Crippen LogP contribution in [-0.4, -0.2) is 18.5 Å². The summed E-state index contributed by atoms with van der Waals surface area (Å²) < 4.78 is 5.06. The molecular weight excluding hydrogens is 372 g/mol. The van der Waals surface area contributed by atoms with Crippen molar-refractivity contribution < 1.29 is 14.3 Å². The van der Waals surface area contributed by atoms with Gasteiger partial charge in [-0.05, 0) is 44.0 Å². The van der Waals surface area contributed by atoms with Crippen LogP contribution in [0.5, 0.6) is 0 Å². The number of halogens is 1. The lowest BCUT2D eigenvalue weighted by molar-refractivity contribution is -0.112. The number of carbonyl (C=O) groups excluding carboxylic acids is 2. The molecule has 0 aliphatic carbocycles. The summed E-state index contributed by atoms with van der Waals surface area (Å²) in [6, 6.07) is 8.77. The molecule has 2 aromatic rings. The van der Waals surface area contributed by atoms with E-state index in [1.807, 2.05) is 13.0 Å². The van der Waals surface area contributed by atoms with Crippen LogP contribution in [0.15, 0.2) is 29.8 Å². The molecule has 0 aliphatic rings. The number of anilines is 1. The molecule has 1 aromatic carbocycles. The summed E-state index contributed by atoms with van der Waals surface area (Å²) in [5, 5.41) is 12.8. The Bertz CT molecular complexity index is 925. The van der Waals surface area contributed by atoms with Gasteiger partial charge in [-0.3, -0.25) is 4.79 Å². The molecule has 0 fully saturated rings. The third-order valence-corrected chi connectivity index (χ3v) is 5.13. The summed E-state index contributed by atoms with van der Waals surface area (Å²) in [5.41, 5.74) is 1.51. The van der Waals surface area contributed by atoms with Crippen molar-refractivity contribution in [2.24, 2.45) is 0 Å². The quantitative estimate of drug-likeness (QED) is 0.455. The molecule has 1 amide bonds. The molecule has 0 aliphatic heterocycles. The number of aryl methyl sites for hydroxylation is 1. The van der Waals surface area contributed by atoms with Crippen molar-refractivity contribution in [3.8, 4) is 6.07 Å². The smallest absolute Gasteiger partial charge is 0.341 e. The van der Waals surface area contributed by atoms with Gasteiger partial charge in [0, 0.05) is 9.90 Å². The van der Waals surface area contributed by atoms with E-state index in [0.717, 1.165) is 10.4 Å². The second-order valence-electron chi connectivity index (χ2n) is 5.35. The second kappa shape index (κ2) is 8.65. The zero-order chi connectivity index (χ0) is 19.3. The van der Waals surface area contributed by atoms with Gasteiger partial charge in [-0.25, -0.2) is 4.79 Å². The van der Waals surface area contributed by atoms with E-state index in [4.69, 9.17) is 16.3 Å². The summed E-state index contributed by atoms with van der Waals surface area (Å²) in [6.07, 6.45) is 1.41. The molecule has 134 valence electrons. The van der Waals surface area contributed by atoms with Gasteiger partial charge >= 0.3 is 5.97 Å². The molecule has 0 saturated heterocycles. The summed E-state index contributed by atoms with van der Waals surface area (Å²) in [7, 11) is 0. The number of hydrogen-bond acceptors (Lipinski definition) is 5. The molecule has 0 unspecified atom stereocenters. The van der Waals surface area contributed by atoms with Crippen molar-refractivity contribution in [3.63, 3.8) is 0 Å². The lowest BCUT2D eigenvalue weighted by Crippen LogP contribution is -2.16. The second-order valence-corrected chi connectivity index (χ2v) is 6.99. The van der Waals surface area contributed by atoms with Gasteiger partial charge in [-0.1, -0.05) is 29.8 Å². The molecule has 0 radical (unpaired) electrons. The minimum Gasteiger partial charge on any atom is -0.462 e. The Kier molecular flexibility index (Phi) is 6.56. The highest BCUT2D eigenvalue weighted by Gasteiger charge is 2.23. The van der Waals surface area contributed by atoms with Gasteiger partial charge in [-0.15, -0.1) is 11.3 Å². The largest absolute Gasteiger partial charge is 0.462 e. The predicted octanol–water partition coefficient (Wildman–Crippen LogP) is 4.74. The van der Waals surface area contributed by atoms with Crippen LogP contribution in [0.1, 0.15) is 33.3 Å². The summed E-state index contributed by atoms with van der Waals surface area (Å²) in [5.74, 6) is -1.11. The lowest BCUT2D eigenvalue weighted by Gasteiger charge is -2.07. The molecule has 1 aromatic heterocycles. The minimum absolute atomic E-state index is 0.114. The maximum absolute atomic E-state index is 12.5. The Labute approximate surface area is 160 Å². The first kappa shape index (κ1) is 19.7. The van der Waals surface area contributed by atoms with E-state index in [0.29, 0.717) is 21.2 Å². The first-order chi connectivity index (χ1) is 12.4. The average molecular weight is 389 g/mol. The highest BCUT2D eigenvalue weighted by molar-refractivity contribution is 7.16. The Morgan fingerprint density at radius 2 is 2.04 bits per heavy atom. The zero-order valence-electron chi connectivity index (χ0n) is 14.6. The molecular formula is C19H17ClN2O3S. The van der Waals surface area contributed by atoms with Crippen molar-refractivity contribution in [1.29, 1.82) is 5.26 Å². The highest BCUT2D eigenvalue weighted by atomic mass is 35.5. The SMILES string of the molecule is CCOC(=O)c1c(NC(=O)/C(C#N)=C\c2ccccc2Cl)sc(C)c1C. The molecule has 1 N–H and O–H groups in total. The number of esters is 1. The van der Waals surface area contributed by atoms with E-state index in [-0.39, 0.29) is 12.2 Å². The van der Waals surface area contributed by atoms with E-state index >= 15 is 0 Å². The Balaban J connectivity index is 2.35. The van der Waals surface area contributed by atoms with E-state index in [9.17, 15) is 14.9 Å². The first-order valence-electron chi connectivity index (χ1n) is 7.83. The molecule has 1 heterocycles. The monoisotopic (exact) mass is 388 g/mol. The van der Waals surface area contributed by atoms with Gasteiger partial charge in [0.25, 0.3) is 5.91 Å². The van der Waals surface area contributed by atoms with Crippen LogP contribution in [0.4, 0.5) is 5.00 Å². The van der Waals surface area contributed by atoms with Gasteiger partial charge in [0.1, 0.15) is 16.6 Å². The predicted molar refractivity (Wildman–Crippen MR) is 103 cm³/mol. The molecule has 0 spiro atoms. The molecule has 2 rings (SSSR count). The molecule has 5 nitrogen and oxygen atoms in total. The van der Waals surface area contributed by atoms with Gasteiger partial charge in [0.2, 0.25) is 0 Å². The van der Waals surface area contributed by atoms with Crippen molar-refractivity contribution in [2.45, 2.75) is 20.8 Å². The van der Waals surface area contributed by atoms with Crippen LogP contribution in [-0.2, 0) is 9.53 Å². The van der Waals surface area contributed by atoms with Gasteiger partial charge in [0.05, 0.1) is 12.2 Å². The number of nitrogens with one attached hydrogen (secondary N) is 1. The summed E-state index contributed by atoms with van der Waals surface area (Å²) >= 11 is 7.34. The first-order valence-corrected chi connectivity index (χ1v) is 9.03. The van der Waals surface area contributed by atoms with Gasteiger partial charge in [-0.2, -0.15) is 5.26 Å². The van der Waals surface area contributed by atoms with Crippen LogP contribution in [0.25, 0.3) is 6.08 Å². The Morgan fingerprint density at radius 1 is 1.35 bits per heavy atom. The van der Waals surface area contributed by atoms with Crippen molar-refractivity contribution in [3.05, 3.63) is 56.4 Å². The number of nitriles is 1. The molecule has 0 atom stereocenters. The van der Waals surface area contributed by atoms with Crippen LogP contribution < -0.4 is 5.32 Å². The number of hydrogen-bond donors (Lipinski definition) is 1. The van der Waals surface area contributed by atoms with Crippen LogP contribution in [0.2, 0.25) is 5.02 Å². The summed E-state index contributed by atoms with van der Waals surface area (Å²) in [4.78, 5) is 25.6. The molecule has 26 heavy (non-hydrogen) atoms. The van der Waals surface area contributed by atoms with Gasteiger partial charge < -0.3 is 10.1 Å². The number of carbonyl (C=O) groups is 2. The van der Waals surface area contributed by atoms with E-state index in [2.05, 4.69) is 5.32 Å². The molecule has 0 saturated carbocycles. The van der Waals surface area contributed by atoms with Crippen molar-refractivity contribution in [2.75, 3.05) is 11.9 Å². The standard InChI is InChI=1S/C19H17ClN2O3S/c1-4-25-19(24)16-11(2)12(3)26-18(16)22-17(23)14(10-21)9-13-7-5-6-8-15(13)20/h5-9H,4H2,1-3H3,(H,22,23)/b14-9-. The molecule has 0 bridgehead atoms. The normalized spacial score (nSPS) is 11.0. The van der Waals surface area contributed by atoms with Crippen molar-refractivity contribution >= 4 is 45.9 Å². The fraction of sp³-hybridized carbons (Fsp3) is 0.211. The zero-order valence-corrected chi connectivity index (χ0v) is 16.1. The van der Waals surface area contributed by atoms with Gasteiger partial charge in [0.15, 0.2) is 0 Å². The average Bonchev–Trinajstić information content (AvgIpc) is 2.88. The molecule has 7 heteroatoms. The van der Waals surface area contributed by atoms with E-state index < -0.39 is 11.9 Å². The fourth-order valence-corrected chi connectivity index (χ4v) is 3.46. The number of rotatable bonds is 5. The van der Waals surface area contributed by atoms with Crippen molar-refractivity contribution in [1.82, 2.24) is 0 Å². The fourth-order valence-electron chi connectivity index (χ4n) is 2.23. The Hall–Kier alpha value is -2.62. The number of nitrogens with zero attached hydrogens (tertiary/aromatic N) is 1.